The molecule has 1 saturated carbocycles. The van der Waals surface area contributed by atoms with E-state index < -0.39 is 0 Å². The van der Waals surface area contributed by atoms with Crippen LogP contribution in [0.15, 0.2) is 17.1 Å². The summed E-state index contributed by atoms with van der Waals surface area (Å²) in [5.41, 5.74) is -0.251. The number of carbonyl (C=O) groups is 1. The molecule has 5 nitrogen and oxygen atoms in total. The molecule has 0 spiro atoms. The first-order chi connectivity index (χ1) is 7.15. The molecule has 1 aromatic rings. The Morgan fingerprint density at radius 1 is 1.67 bits per heavy atom. The largest absolute Gasteiger partial charge is 0.352 e. The first-order valence-corrected chi connectivity index (χ1v) is 5.15. The fourth-order valence-electron chi connectivity index (χ4n) is 1.22. The normalized spacial score (nSPS) is 14.9. The van der Waals surface area contributed by atoms with Crippen LogP contribution in [0.2, 0.25) is 0 Å². The van der Waals surface area contributed by atoms with Crippen LogP contribution in [-0.2, 0) is 11.3 Å². The molecule has 0 atom stereocenters. The maximum Gasteiger partial charge on any atom is 0.251 e. The second kappa shape index (κ2) is 3.98. The third kappa shape index (κ3) is 2.76. The molecule has 1 aromatic heterocycles. The van der Waals surface area contributed by atoms with E-state index in [9.17, 15) is 9.59 Å². The third-order valence-electron chi connectivity index (χ3n) is 2.15. The van der Waals surface area contributed by atoms with Crippen LogP contribution in [0.25, 0.3) is 0 Å². The summed E-state index contributed by atoms with van der Waals surface area (Å²) in [7, 11) is 0. The van der Waals surface area contributed by atoms with Gasteiger partial charge in [-0.25, -0.2) is 0 Å². The van der Waals surface area contributed by atoms with E-state index in [1.165, 1.54) is 16.8 Å². The molecule has 0 aliphatic heterocycles. The number of hydrogen-bond acceptors (Lipinski definition) is 3. The summed E-state index contributed by atoms with van der Waals surface area (Å²) < 4.78 is 1.81. The van der Waals surface area contributed by atoms with Crippen molar-refractivity contribution in [3.8, 4) is 0 Å². The fourth-order valence-corrected chi connectivity index (χ4v) is 1.45. The van der Waals surface area contributed by atoms with Crippen LogP contribution < -0.4 is 10.9 Å². The molecule has 0 bridgehead atoms. The standard InChI is InChI=1S/C9H11N3O2S/c13-7-3-4-12(9(15)11-7)5-8(14)10-6-1-2-6/h3-4,6H,1-2,5H2,(H,10,14)(H,11,13,15). The van der Waals surface area contributed by atoms with E-state index in [2.05, 4.69) is 10.3 Å². The summed E-state index contributed by atoms with van der Waals surface area (Å²) >= 11 is 4.91. The van der Waals surface area contributed by atoms with Crippen LogP contribution in [-0.4, -0.2) is 21.5 Å². The molecule has 6 heteroatoms. The van der Waals surface area contributed by atoms with Crippen molar-refractivity contribution in [1.82, 2.24) is 14.9 Å². The molecule has 80 valence electrons. The lowest BCUT2D eigenvalue weighted by molar-refractivity contribution is -0.121. The van der Waals surface area contributed by atoms with Crippen molar-refractivity contribution in [2.45, 2.75) is 25.4 Å². The van der Waals surface area contributed by atoms with E-state index in [0.717, 1.165) is 12.8 Å². The molecular formula is C9H11N3O2S. The zero-order chi connectivity index (χ0) is 10.8. The van der Waals surface area contributed by atoms with E-state index in [-0.39, 0.29) is 22.8 Å². The molecular weight excluding hydrogens is 214 g/mol. The highest BCUT2D eigenvalue weighted by molar-refractivity contribution is 7.71. The first-order valence-electron chi connectivity index (χ1n) is 4.74. The van der Waals surface area contributed by atoms with Crippen LogP contribution in [0.4, 0.5) is 0 Å². The van der Waals surface area contributed by atoms with Gasteiger partial charge in [0.2, 0.25) is 5.91 Å². The van der Waals surface area contributed by atoms with Gasteiger partial charge in [0.15, 0.2) is 4.77 Å². The number of carbonyl (C=O) groups excluding carboxylic acids is 1. The Balaban J connectivity index is 2.06. The predicted octanol–water partition coefficient (Wildman–Crippen LogP) is 0.184. The van der Waals surface area contributed by atoms with Crippen LogP contribution in [0.5, 0.6) is 0 Å². The third-order valence-corrected chi connectivity index (χ3v) is 2.49. The molecule has 0 saturated heterocycles. The quantitative estimate of drug-likeness (QED) is 0.721. The summed E-state index contributed by atoms with van der Waals surface area (Å²) in [6.45, 7) is 0.159. The lowest BCUT2D eigenvalue weighted by Crippen LogP contribution is -2.30. The lowest BCUT2D eigenvalue weighted by atomic mass is 10.5. The molecule has 0 aromatic carbocycles. The van der Waals surface area contributed by atoms with Gasteiger partial charge < -0.3 is 9.88 Å². The minimum atomic E-state index is -0.251. The zero-order valence-electron chi connectivity index (χ0n) is 8.03. The second-order valence-corrected chi connectivity index (χ2v) is 3.97. The van der Waals surface area contributed by atoms with Crippen molar-refractivity contribution in [3.63, 3.8) is 0 Å². The van der Waals surface area contributed by atoms with Gasteiger partial charge in [-0.2, -0.15) is 0 Å². The SMILES string of the molecule is O=C(Cn1ccc(=O)[nH]c1=S)NC1CC1. The molecule has 1 aliphatic carbocycles. The number of aromatic amines is 1. The van der Waals surface area contributed by atoms with Crippen molar-refractivity contribution in [1.29, 1.82) is 0 Å². The zero-order valence-corrected chi connectivity index (χ0v) is 8.84. The van der Waals surface area contributed by atoms with Crippen LogP contribution >= 0.6 is 12.2 Å². The Labute approximate surface area is 91.1 Å². The number of hydrogen-bond donors (Lipinski definition) is 2. The number of rotatable bonds is 3. The number of H-pyrrole nitrogens is 1. The molecule has 2 rings (SSSR count). The van der Waals surface area contributed by atoms with E-state index in [4.69, 9.17) is 12.2 Å². The topological polar surface area (TPSA) is 66.9 Å². The van der Waals surface area contributed by atoms with Gasteiger partial charge in [-0.15, -0.1) is 0 Å². The number of aromatic nitrogens is 2. The Bertz CT molecular complexity index is 487. The number of amides is 1. The molecule has 2 N–H and O–H groups in total. The van der Waals surface area contributed by atoms with E-state index in [0.29, 0.717) is 6.04 Å². The van der Waals surface area contributed by atoms with Crippen molar-refractivity contribution >= 4 is 18.1 Å². The molecule has 0 unspecified atom stereocenters. The minimum absolute atomic E-state index is 0.0688. The average molecular weight is 225 g/mol. The molecule has 1 fully saturated rings. The Kier molecular flexibility index (Phi) is 2.68. The fraction of sp³-hybridized carbons (Fsp3) is 0.444. The smallest absolute Gasteiger partial charge is 0.251 e. The van der Waals surface area contributed by atoms with E-state index in [1.807, 2.05) is 0 Å². The summed E-state index contributed by atoms with van der Waals surface area (Å²) in [5.74, 6) is -0.0688. The molecule has 1 aliphatic rings. The first kappa shape index (κ1) is 10.1. The van der Waals surface area contributed by atoms with Crippen molar-refractivity contribution in [2.75, 3.05) is 0 Å². The van der Waals surface area contributed by atoms with Crippen molar-refractivity contribution < 1.29 is 4.79 Å². The maximum absolute atomic E-state index is 11.4. The predicted molar refractivity (Wildman–Crippen MR) is 57.1 cm³/mol. The van der Waals surface area contributed by atoms with Gasteiger partial charge >= 0.3 is 0 Å². The lowest BCUT2D eigenvalue weighted by Gasteiger charge is -2.06. The van der Waals surface area contributed by atoms with Crippen LogP contribution in [0, 0.1) is 4.77 Å². The highest BCUT2D eigenvalue weighted by Gasteiger charge is 2.23. The Morgan fingerprint density at radius 2 is 2.40 bits per heavy atom. The van der Waals surface area contributed by atoms with Crippen molar-refractivity contribution in [2.24, 2.45) is 0 Å². The highest BCUT2D eigenvalue weighted by Crippen LogP contribution is 2.18. The molecule has 1 amide bonds. The highest BCUT2D eigenvalue weighted by atomic mass is 32.1. The van der Waals surface area contributed by atoms with Gasteiger partial charge in [0, 0.05) is 18.3 Å². The summed E-state index contributed by atoms with van der Waals surface area (Å²) in [6.07, 6.45) is 3.64. The summed E-state index contributed by atoms with van der Waals surface area (Å²) in [5, 5.41) is 2.85. The average Bonchev–Trinajstić information content (AvgIpc) is 2.94. The van der Waals surface area contributed by atoms with E-state index in [1.54, 1.807) is 0 Å². The van der Waals surface area contributed by atoms with Gasteiger partial charge in [0.05, 0.1) is 0 Å². The summed E-state index contributed by atoms with van der Waals surface area (Å²) in [6, 6.07) is 1.69. The van der Waals surface area contributed by atoms with Crippen molar-refractivity contribution in [3.05, 3.63) is 27.4 Å². The van der Waals surface area contributed by atoms with Gasteiger partial charge in [0.25, 0.3) is 5.56 Å². The minimum Gasteiger partial charge on any atom is -0.352 e. The van der Waals surface area contributed by atoms with Gasteiger partial charge in [-0.3, -0.25) is 14.6 Å². The molecule has 0 radical (unpaired) electrons. The maximum atomic E-state index is 11.4. The van der Waals surface area contributed by atoms with Gasteiger partial charge in [0.1, 0.15) is 6.54 Å². The van der Waals surface area contributed by atoms with E-state index >= 15 is 0 Å². The molecule has 15 heavy (non-hydrogen) atoms. The number of nitrogens with one attached hydrogen (secondary N) is 2. The van der Waals surface area contributed by atoms with Gasteiger partial charge in [-0.05, 0) is 25.1 Å². The van der Waals surface area contributed by atoms with Crippen LogP contribution in [0.1, 0.15) is 12.8 Å². The summed E-state index contributed by atoms with van der Waals surface area (Å²) in [4.78, 5) is 24.8. The molecule has 1 heterocycles. The van der Waals surface area contributed by atoms with Crippen LogP contribution in [0.3, 0.4) is 0 Å². The van der Waals surface area contributed by atoms with Gasteiger partial charge in [-0.1, -0.05) is 0 Å². The number of nitrogens with zero attached hydrogens (tertiary/aromatic N) is 1. The monoisotopic (exact) mass is 225 g/mol. The second-order valence-electron chi connectivity index (χ2n) is 3.58. The Hall–Kier alpha value is -1.43. The Morgan fingerprint density at radius 3 is 3.00 bits per heavy atom.